The molecule has 18 heavy (non-hydrogen) atoms. The van der Waals surface area contributed by atoms with Crippen LogP contribution in [0.2, 0.25) is 0 Å². The molecule has 0 spiro atoms. The van der Waals surface area contributed by atoms with E-state index in [1.807, 2.05) is 7.05 Å². The first-order valence-electron chi connectivity index (χ1n) is 5.94. The zero-order valence-electron chi connectivity index (χ0n) is 10.7. The van der Waals surface area contributed by atoms with Crippen molar-refractivity contribution in [1.82, 2.24) is 9.78 Å². The van der Waals surface area contributed by atoms with Gasteiger partial charge in [0.05, 0.1) is 18.4 Å². The number of primary amides is 1. The van der Waals surface area contributed by atoms with Crippen molar-refractivity contribution in [3.05, 3.63) is 11.3 Å². The maximum absolute atomic E-state index is 11.5. The van der Waals surface area contributed by atoms with Gasteiger partial charge in [-0.25, -0.2) is 0 Å². The Morgan fingerprint density at radius 2 is 2.33 bits per heavy atom. The Morgan fingerprint density at radius 1 is 1.61 bits per heavy atom. The van der Waals surface area contributed by atoms with Crippen LogP contribution >= 0.6 is 0 Å². The Balaban J connectivity index is 2.35. The monoisotopic (exact) mass is 253 g/mol. The Labute approximate surface area is 106 Å². The number of hydrogen-bond donors (Lipinski definition) is 2. The van der Waals surface area contributed by atoms with Crippen LogP contribution in [0.1, 0.15) is 16.1 Å². The van der Waals surface area contributed by atoms with Gasteiger partial charge in [0, 0.05) is 26.7 Å². The third kappa shape index (κ3) is 2.19. The molecule has 2 heterocycles. The number of hydrogen-bond acceptors (Lipinski definition) is 5. The summed E-state index contributed by atoms with van der Waals surface area (Å²) in [6.07, 6.45) is -0.0188. The average molecular weight is 253 g/mol. The van der Waals surface area contributed by atoms with Crippen LogP contribution in [0.4, 0.5) is 5.82 Å². The van der Waals surface area contributed by atoms with Gasteiger partial charge >= 0.3 is 0 Å². The molecule has 0 saturated carbocycles. The highest BCUT2D eigenvalue weighted by molar-refractivity contribution is 5.99. The maximum atomic E-state index is 11.5. The first kappa shape index (κ1) is 12.8. The van der Waals surface area contributed by atoms with E-state index in [4.69, 9.17) is 16.2 Å². The predicted molar refractivity (Wildman–Crippen MR) is 67.5 cm³/mol. The highest BCUT2D eigenvalue weighted by atomic mass is 16.5. The van der Waals surface area contributed by atoms with Crippen LogP contribution in [0.25, 0.3) is 0 Å². The predicted octanol–water partition coefficient (Wildman–Crippen LogP) is -1.01. The number of carbonyl (C=O) groups excluding carboxylic acids is 1. The normalized spacial score (nSPS) is 20.2. The minimum Gasteiger partial charge on any atom is -0.373 e. The smallest absolute Gasteiger partial charge is 0.254 e. The summed E-state index contributed by atoms with van der Waals surface area (Å²) >= 11 is 0. The molecule has 4 N–H and O–H groups in total. The van der Waals surface area contributed by atoms with E-state index in [1.54, 1.807) is 11.6 Å². The first-order chi connectivity index (χ1) is 8.54. The standard InChI is InChI=1S/C11H19N5O2/c1-7-9(10(13)17)11(15(2)14-7)16-3-4-18-8(5-12)6-16/h8H,3-6,12H2,1-2H3,(H2,13,17). The minimum absolute atomic E-state index is 0.0188. The third-order valence-corrected chi connectivity index (χ3v) is 3.14. The number of anilines is 1. The summed E-state index contributed by atoms with van der Waals surface area (Å²) in [7, 11) is 1.81. The second-order valence-electron chi connectivity index (χ2n) is 4.45. The molecule has 7 heteroatoms. The molecule has 1 saturated heterocycles. The van der Waals surface area contributed by atoms with Crippen LogP contribution in [-0.2, 0) is 11.8 Å². The van der Waals surface area contributed by atoms with E-state index < -0.39 is 5.91 Å². The quantitative estimate of drug-likeness (QED) is 0.719. The topological polar surface area (TPSA) is 99.4 Å². The molecule has 100 valence electrons. The molecule has 1 amide bonds. The molecule has 0 aliphatic carbocycles. The molecule has 2 rings (SSSR count). The summed E-state index contributed by atoms with van der Waals surface area (Å²) in [4.78, 5) is 13.6. The summed E-state index contributed by atoms with van der Waals surface area (Å²) in [5, 5.41) is 4.26. The lowest BCUT2D eigenvalue weighted by atomic mass is 10.2. The molecule has 1 unspecified atom stereocenters. The van der Waals surface area contributed by atoms with Crippen molar-refractivity contribution in [2.24, 2.45) is 18.5 Å². The highest BCUT2D eigenvalue weighted by Crippen LogP contribution is 2.24. The highest BCUT2D eigenvalue weighted by Gasteiger charge is 2.27. The van der Waals surface area contributed by atoms with E-state index >= 15 is 0 Å². The Hall–Kier alpha value is -1.60. The fraction of sp³-hybridized carbons (Fsp3) is 0.636. The summed E-state index contributed by atoms with van der Waals surface area (Å²) in [6, 6.07) is 0. The van der Waals surface area contributed by atoms with Gasteiger partial charge in [-0.15, -0.1) is 0 Å². The van der Waals surface area contributed by atoms with Crippen LogP contribution in [0.15, 0.2) is 0 Å². The summed E-state index contributed by atoms with van der Waals surface area (Å²) in [6.45, 7) is 4.18. The van der Waals surface area contributed by atoms with E-state index in [1.165, 1.54) is 0 Å². The summed E-state index contributed by atoms with van der Waals surface area (Å²) < 4.78 is 7.20. The van der Waals surface area contributed by atoms with Gasteiger partial charge in [0.1, 0.15) is 11.4 Å². The van der Waals surface area contributed by atoms with Crippen molar-refractivity contribution in [3.63, 3.8) is 0 Å². The lowest BCUT2D eigenvalue weighted by molar-refractivity contribution is 0.0459. The fourth-order valence-corrected chi connectivity index (χ4v) is 2.35. The van der Waals surface area contributed by atoms with Gasteiger partial charge in [0.15, 0.2) is 0 Å². The lowest BCUT2D eigenvalue weighted by Crippen LogP contribution is -2.46. The molecule has 0 bridgehead atoms. The maximum Gasteiger partial charge on any atom is 0.254 e. The van der Waals surface area contributed by atoms with Crippen molar-refractivity contribution in [2.45, 2.75) is 13.0 Å². The summed E-state index contributed by atoms with van der Waals surface area (Å²) in [5.41, 5.74) is 12.2. The molecular weight excluding hydrogens is 234 g/mol. The molecule has 1 aromatic heterocycles. The number of aromatic nitrogens is 2. The molecule has 0 aromatic carbocycles. The number of amides is 1. The van der Waals surface area contributed by atoms with Crippen molar-refractivity contribution in [3.8, 4) is 0 Å². The first-order valence-corrected chi connectivity index (χ1v) is 5.94. The van der Waals surface area contributed by atoms with Crippen LogP contribution in [0, 0.1) is 6.92 Å². The van der Waals surface area contributed by atoms with Gasteiger partial charge < -0.3 is 21.1 Å². The molecule has 0 radical (unpaired) electrons. The number of morpholine rings is 1. The molecular formula is C11H19N5O2. The van der Waals surface area contributed by atoms with Crippen molar-refractivity contribution < 1.29 is 9.53 Å². The van der Waals surface area contributed by atoms with Gasteiger partial charge in [0.25, 0.3) is 5.91 Å². The zero-order chi connectivity index (χ0) is 13.3. The van der Waals surface area contributed by atoms with Crippen LogP contribution in [0.3, 0.4) is 0 Å². The van der Waals surface area contributed by atoms with Crippen molar-refractivity contribution in [2.75, 3.05) is 31.1 Å². The fourth-order valence-electron chi connectivity index (χ4n) is 2.35. The van der Waals surface area contributed by atoms with E-state index in [2.05, 4.69) is 10.00 Å². The van der Waals surface area contributed by atoms with Gasteiger partial charge in [-0.05, 0) is 6.92 Å². The lowest BCUT2D eigenvalue weighted by Gasteiger charge is -2.34. The number of aryl methyl sites for hydroxylation is 2. The minimum atomic E-state index is -0.452. The Morgan fingerprint density at radius 3 is 2.94 bits per heavy atom. The van der Waals surface area contributed by atoms with Gasteiger partial charge in [-0.1, -0.05) is 0 Å². The van der Waals surface area contributed by atoms with Crippen molar-refractivity contribution in [1.29, 1.82) is 0 Å². The van der Waals surface area contributed by atoms with Gasteiger partial charge in [-0.3, -0.25) is 9.48 Å². The van der Waals surface area contributed by atoms with Crippen molar-refractivity contribution >= 4 is 11.7 Å². The van der Waals surface area contributed by atoms with Crippen LogP contribution in [0.5, 0.6) is 0 Å². The van der Waals surface area contributed by atoms with Gasteiger partial charge in [-0.2, -0.15) is 5.10 Å². The third-order valence-electron chi connectivity index (χ3n) is 3.14. The molecule has 1 aliphatic heterocycles. The second-order valence-corrected chi connectivity index (χ2v) is 4.45. The SMILES string of the molecule is Cc1nn(C)c(N2CCOC(CN)C2)c1C(N)=O. The molecule has 1 aliphatic rings. The van der Waals surface area contributed by atoms with Gasteiger partial charge in [0.2, 0.25) is 0 Å². The molecule has 1 aromatic rings. The summed E-state index contributed by atoms with van der Waals surface area (Å²) in [5.74, 6) is 0.299. The average Bonchev–Trinajstić information content (AvgIpc) is 2.64. The van der Waals surface area contributed by atoms with E-state index in [0.29, 0.717) is 37.5 Å². The zero-order valence-corrected chi connectivity index (χ0v) is 10.7. The number of rotatable bonds is 3. The Bertz CT molecular complexity index is 457. The number of nitrogens with zero attached hydrogens (tertiary/aromatic N) is 3. The van der Waals surface area contributed by atoms with Crippen LogP contribution in [-0.4, -0.2) is 48.0 Å². The number of carbonyl (C=O) groups is 1. The Kier molecular flexibility index (Phi) is 3.53. The molecule has 1 atom stereocenters. The number of ether oxygens (including phenoxy) is 1. The largest absolute Gasteiger partial charge is 0.373 e. The molecule has 1 fully saturated rings. The molecule has 7 nitrogen and oxygen atoms in total. The van der Waals surface area contributed by atoms with Crippen LogP contribution < -0.4 is 16.4 Å². The second kappa shape index (κ2) is 4.95. The van der Waals surface area contributed by atoms with E-state index in [9.17, 15) is 4.79 Å². The van der Waals surface area contributed by atoms with E-state index in [-0.39, 0.29) is 6.10 Å². The van der Waals surface area contributed by atoms with E-state index in [0.717, 1.165) is 5.82 Å². The number of nitrogens with two attached hydrogens (primary N) is 2.